The Morgan fingerprint density at radius 1 is 0.486 bits per heavy atom. The summed E-state index contributed by atoms with van der Waals surface area (Å²) in [5, 5.41) is 76.3. The molecule has 9 unspecified atom stereocenters. The maximum atomic E-state index is 13.2. The first kappa shape index (κ1) is 68.6. The number of carbonyl (C=O) groups is 1. The molecule has 0 saturated carbocycles. The number of nitrogens with one attached hydrogen (secondary N) is 1. The molecule has 1 heterocycles. The fraction of sp³-hybridized carbons (Fsp3) is 0.918. The lowest BCUT2D eigenvalue weighted by atomic mass is 9.98. The maximum absolute atomic E-state index is 13.2. The standard InChI is InChI=1S/C61H117NO10/c1-3-5-7-9-11-13-15-17-19-21-23-25-27-29-30-32-34-36-38-40-42-44-46-48-53(64)56(66)52(51-71-61-59(69)58(68)57(67)55(50-63)72-61)62-60(70)54(65)49-47-45-43-41-39-37-35-33-31-28-26-24-22-20-18-16-14-12-10-8-6-4-2/h24,26,31,33,52-59,61,63-69H,3-23,25,27-30,32,34-51H2,1-2H3,(H,62,70)/b26-24-,33-31-. The van der Waals surface area contributed by atoms with E-state index in [1.165, 1.54) is 186 Å². The molecule has 11 heteroatoms. The van der Waals surface area contributed by atoms with Crippen LogP contribution in [0.25, 0.3) is 0 Å². The second-order valence-corrected chi connectivity index (χ2v) is 21.8. The molecule has 0 radical (unpaired) electrons. The van der Waals surface area contributed by atoms with Crippen LogP contribution in [0.1, 0.15) is 290 Å². The number of hydrogen-bond acceptors (Lipinski definition) is 10. The molecule has 0 aliphatic carbocycles. The van der Waals surface area contributed by atoms with Crippen molar-refractivity contribution in [3.8, 4) is 0 Å². The third kappa shape index (κ3) is 38.2. The van der Waals surface area contributed by atoms with Gasteiger partial charge in [-0.15, -0.1) is 0 Å². The molecule has 426 valence electrons. The van der Waals surface area contributed by atoms with E-state index in [-0.39, 0.29) is 6.42 Å². The minimum atomic E-state index is -1.66. The van der Waals surface area contributed by atoms with E-state index in [1.807, 2.05) is 0 Å². The first-order valence-electron chi connectivity index (χ1n) is 30.7. The number of aliphatic hydroxyl groups is 7. The Hall–Kier alpha value is -1.41. The van der Waals surface area contributed by atoms with Crippen LogP contribution in [-0.2, 0) is 14.3 Å². The molecule has 1 amide bonds. The minimum Gasteiger partial charge on any atom is -0.394 e. The third-order valence-electron chi connectivity index (χ3n) is 15.0. The van der Waals surface area contributed by atoms with E-state index in [2.05, 4.69) is 43.5 Å². The zero-order valence-electron chi connectivity index (χ0n) is 46.7. The summed E-state index contributed by atoms with van der Waals surface area (Å²) in [6, 6.07) is -1.17. The van der Waals surface area contributed by atoms with Crippen molar-refractivity contribution in [2.75, 3.05) is 13.2 Å². The Labute approximate surface area is 442 Å². The number of hydrogen-bond donors (Lipinski definition) is 8. The van der Waals surface area contributed by atoms with E-state index in [1.54, 1.807) is 0 Å². The number of allylic oxidation sites excluding steroid dienone is 4. The zero-order chi connectivity index (χ0) is 52.5. The van der Waals surface area contributed by atoms with Crippen LogP contribution >= 0.6 is 0 Å². The van der Waals surface area contributed by atoms with Gasteiger partial charge in [0.15, 0.2) is 6.29 Å². The van der Waals surface area contributed by atoms with Crippen LogP contribution in [0.4, 0.5) is 0 Å². The van der Waals surface area contributed by atoms with Gasteiger partial charge < -0.3 is 50.5 Å². The Bertz CT molecular complexity index is 1220. The summed E-state index contributed by atoms with van der Waals surface area (Å²) >= 11 is 0. The fourth-order valence-corrected chi connectivity index (χ4v) is 10.0. The highest BCUT2D eigenvalue weighted by atomic mass is 16.7. The van der Waals surface area contributed by atoms with Crippen molar-refractivity contribution in [1.82, 2.24) is 5.32 Å². The Morgan fingerprint density at radius 2 is 0.847 bits per heavy atom. The molecule has 9 atom stereocenters. The van der Waals surface area contributed by atoms with Gasteiger partial charge in [0.2, 0.25) is 5.91 Å². The summed E-state index contributed by atoms with van der Waals surface area (Å²) in [6.45, 7) is 3.49. The molecule has 1 saturated heterocycles. The van der Waals surface area contributed by atoms with Gasteiger partial charge in [0.1, 0.15) is 36.6 Å². The number of carbonyl (C=O) groups excluding carboxylic acids is 1. The van der Waals surface area contributed by atoms with Gasteiger partial charge in [-0.3, -0.25) is 4.79 Å². The van der Waals surface area contributed by atoms with E-state index in [9.17, 15) is 40.5 Å². The van der Waals surface area contributed by atoms with Gasteiger partial charge in [0.25, 0.3) is 0 Å². The number of rotatable bonds is 53. The number of ether oxygens (including phenoxy) is 2. The van der Waals surface area contributed by atoms with Crippen LogP contribution in [0.3, 0.4) is 0 Å². The molecule has 0 bridgehead atoms. The smallest absolute Gasteiger partial charge is 0.249 e. The molecule has 8 N–H and O–H groups in total. The van der Waals surface area contributed by atoms with E-state index in [4.69, 9.17) is 9.47 Å². The van der Waals surface area contributed by atoms with Crippen LogP contribution in [0, 0.1) is 0 Å². The fourth-order valence-electron chi connectivity index (χ4n) is 10.0. The first-order chi connectivity index (χ1) is 35.2. The first-order valence-corrected chi connectivity index (χ1v) is 30.7. The highest BCUT2D eigenvalue weighted by molar-refractivity contribution is 5.80. The highest BCUT2D eigenvalue weighted by Crippen LogP contribution is 2.24. The second-order valence-electron chi connectivity index (χ2n) is 21.8. The van der Waals surface area contributed by atoms with Gasteiger partial charge in [-0.2, -0.15) is 0 Å². The van der Waals surface area contributed by atoms with Gasteiger partial charge in [-0.1, -0.05) is 269 Å². The highest BCUT2D eigenvalue weighted by Gasteiger charge is 2.44. The average molecular weight is 1020 g/mol. The predicted octanol–water partition coefficient (Wildman–Crippen LogP) is 13.3. The SMILES string of the molecule is CCCCCCCCCCC/C=C\C/C=C\CCCCCCCCC(O)C(=O)NC(COC1OC(CO)C(O)C(O)C1O)C(O)C(O)CCCCCCCCCCCCCCCCCCCCCCCCC. The Morgan fingerprint density at radius 3 is 1.24 bits per heavy atom. The van der Waals surface area contributed by atoms with E-state index >= 15 is 0 Å². The zero-order valence-corrected chi connectivity index (χ0v) is 46.7. The quantitative estimate of drug-likeness (QED) is 0.0215. The van der Waals surface area contributed by atoms with Crippen LogP contribution in [0.15, 0.2) is 24.3 Å². The molecular formula is C61H117NO10. The van der Waals surface area contributed by atoms with Crippen molar-refractivity contribution in [1.29, 1.82) is 0 Å². The van der Waals surface area contributed by atoms with Crippen LogP contribution < -0.4 is 5.32 Å². The molecule has 72 heavy (non-hydrogen) atoms. The van der Waals surface area contributed by atoms with Crippen molar-refractivity contribution >= 4 is 5.91 Å². The van der Waals surface area contributed by atoms with Crippen LogP contribution in [-0.4, -0.2) is 110 Å². The normalized spacial score (nSPS) is 20.2. The van der Waals surface area contributed by atoms with Crippen LogP contribution in [0.2, 0.25) is 0 Å². The number of aliphatic hydroxyl groups excluding tert-OH is 7. The molecule has 0 aromatic heterocycles. The summed E-state index contributed by atoms with van der Waals surface area (Å²) in [5.41, 5.74) is 0. The van der Waals surface area contributed by atoms with E-state index in [0.29, 0.717) is 19.3 Å². The molecular weight excluding hydrogens is 907 g/mol. The summed E-state index contributed by atoms with van der Waals surface area (Å²) in [7, 11) is 0. The molecule has 0 aromatic rings. The molecule has 1 aliphatic heterocycles. The molecule has 1 rings (SSSR count). The van der Waals surface area contributed by atoms with Crippen LogP contribution in [0.5, 0.6) is 0 Å². The van der Waals surface area contributed by atoms with Crippen molar-refractivity contribution in [3.63, 3.8) is 0 Å². The largest absolute Gasteiger partial charge is 0.394 e. The molecule has 1 aliphatic rings. The average Bonchev–Trinajstić information content (AvgIpc) is 3.38. The van der Waals surface area contributed by atoms with Gasteiger partial charge in [-0.05, 0) is 44.9 Å². The summed E-state index contributed by atoms with van der Waals surface area (Å²) in [4.78, 5) is 13.2. The topological polar surface area (TPSA) is 189 Å². The summed E-state index contributed by atoms with van der Waals surface area (Å²) in [5.74, 6) is -0.701. The number of unbranched alkanes of at least 4 members (excludes halogenated alkanes) is 37. The van der Waals surface area contributed by atoms with E-state index in [0.717, 1.165) is 64.2 Å². The van der Waals surface area contributed by atoms with Gasteiger partial charge in [-0.25, -0.2) is 0 Å². The van der Waals surface area contributed by atoms with Gasteiger partial charge >= 0.3 is 0 Å². The molecule has 0 aromatic carbocycles. The minimum absolute atomic E-state index is 0.250. The van der Waals surface area contributed by atoms with Gasteiger partial charge in [0, 0.05) is 0 Å². The summed E-state index contributed by atoms with van der Waals surface area (Å²) in [6.07, 6.45) is 49.4. The molecule has 0 spiro atoms. The lowest BCUT2D eigenvalue weighted by molar-refractivity contribution is -0.303. The second kappa shape index (κ2) is 50.4. The molecule has 11 nitrogen and oxygen atoms in total. The lowest BCUT2D eigenvalue weighted by Crippen LogP contribution is -2.60. The lowest BCUT2D eigenvalue weighted by Gasteiger charge is -2.40. The third-order valence-corrected chi connectivity index (χ3v) is 15.0. The number of amides is 1. The van der Waals surface area contributed by atoms with Crippen molar-refractivity contribution in [2.45, 2.75) is 345 Å². The monoisotopic (exact) mass is 1020 g/mol. The predicted molar refractivity (Wildman–Crippen MR) is 298 cm³/mol. The Kier molecular flexibility index (Phi) is 48.0. The molecule has 1 fully saturated rings. The maximum Gasteiger partial charge on any atom is 0.249 e. The van der Waals surface area contributed by atoms with Crippen molar-refractivity contribution in [2.24, 2.45) is 0 Å². The Balaban J connectivity index is 2.29. The van der Waals surface area contributed by atoms with E-state index < -0.39 is 74.2 Å². The summed E-state index contributed by atoms with van der Waals surface area (Å²) < 4.78 is 11.2. The van der Waals surface area contributed by atoms with Crippen molar-refractivity contribution < 1.29 is 50.0 Å². The van der Waals surface area contributed by atoms with Gasteiger partial charge in [0.05, 0.1) is 25.4 Å². The van der Waals surface area contributed by atoms with Crippen molar-refractivity contribution in [3.05, 3.63) is 24.3 Å².